The molecule has 136 valence electrons. The molecule has 2 unspecified atom stereocenters. The van der Waals surface area contributed by atoms with Crippen molar-refractivity contribution in [3.05, 3.63) is 12.2 Å². The minimum atomic E-state index is -0.253. The first-order chi connectivity index (χ1) is 11.2. The number of hydrogen-bond acceptors (Lipinski definition) is 2. The average molecular weight is 326 g/mol. The molecule has 0 aliphatic heterocycles. The number of aliphatic hydroxyl groups is 1. The van der Waals surface area contributed by atoms with Crippen LogP contribution >= 0.6 is 0 Å². The van der Waals surface area contributed by atoms with Gasteiger partial charge in [-0.15, -0.1) is 0 Å². The largest absolute Gasteiger partial charge is 0.396 e. The van der Waals surface area contributed by atoms with E-state index in [4.69, 9.17) is 5.73 Å². The summed E-state index contributed by atoms with van der Waals surface area (Å²) in [6.07, 6.45) is 18.6. The lowest BCUT2D eigenvalue weighted by molar-refractivity contribution is -0.124. The van der Waals surface area contributed by atoms with Crippen LogP contribution in [0.25, 0.3) is 0 Å². The number of hydrogen-bond donors (Lipinski definition) is 2. The lowest BCUT2D eigenvalue weighted by atomic mass is 9.86. The van der Waals surface area contributed by atoms with E-state index in [-0.39, 0.29) is 24.3 Å². The molecule has 3 nitrogen and oxygen atoms in total. The van der Waals surface area contributed by atoms with Gasteiger partial charge in [-0.05, 0) is 38.0 Å². The molecular weight excluding hydrogens is 286 g/mol. The molecule has 0 fully saturated rings. The molecule has 0 saturated carbocycles. The van der Waals surface area contributed by atoms with E-state index in [9.17, 15) is 9.90 Å². The number of carbonyl (C=O) groups is 1. The summed E-state index contributed by atoms with van der Waals surface area (Å²) in [6.45, 7) is 4.31. The quantitative estimate of drug-likeness (QED) is 0.311. The van der Waals surface area contributed by atoms with Crippen molar-refractivity contribution in [1.29, 1.82) is 0 Å². The third kappa shape index (κ3) is 12.3. The van der Waals surface area contributed by atoms with Crippen molar-refractivity contribution >= 4 is 5.91 Å². The van der Waals surface area contributed by atoms with Crippen LogP contribution in [0.4, 0.5) is 0 Å². The molecule has 0 saturated heterocycles. The molecular formula is C20H39NO2. The highest BCUT2D eigenvalue weighted by molar-refractivity contribution is 5.76. The van der Waals surface area contributed by atoms with E-state index in [1.165, 1.54) is 51.4 Å². The number of rotatable bonds is 16. The summed E-state index contributed by atoms with van der Waals surface area (Å²) in [6, 6.07) is 0. The van der Waals surface area contributed by atoms with E-state index in [0.29, 0.717) is 0 Å². The maximum Gasteiger partial charge on any atom is 0.220 e. The molecule has 0 radical (unpaired) electrons. The normalized spacial score (nSPS) is 14.2. The zero-order chi connectivity index (χ0) is 17.3. The number of aliphatic hydroxyl groups excluding tert-OH is 1. The van der Waals surface area contributed by atoms with Crippen LogP contribution < -0.4 is 5.73 Å². The molecule has 0 spiro atoms. The summed E-state index contributed by atoms with van der Waals surface area (Å²) < 4.78 is 0. The van der Waals surface area contributed by atoms with Gasteiger partial charge in [0.15, 0.2) is 0 Å². The van der Waals surface area contributed by atoms with Crippen molar-refractivity contribution in [2.24, 2.45) is 17.6 Å². The Kier molecular flexibility index (Phi) is 15.5. The maximum atomic E-state index is 11.5. The molecule has 0 bridgehead atoms. The molecule has 0 aliphatic rings. The summed E-state index contributed by atoms with van der Waals surface area (Å²) >= 11 is 0. The molecule has 0 aromatic rings. The number of carbonyl (C=O) groups excluding carboxylic acids is 1. The number of unbranched alkanes of at least 4 members (excludes halogenated alkanes) is 8. The Labute approximate surface area is 143 Å². The number of nitrogens with two attached hydrogens (primary N) is 1. The van der Waals surface area contributed by atoms with Gasteiger partial charge in [-0.25, -0.2) is 0 Å². The third-order valence-electron chi connectivity index (χ3n) is 4.72. The van der Waals surface area contributed by atoms with Crippen molar-refractivity contribution in [1.82, 2.24) is 0 Å². The zero-order valence-electron chi connectivity index (χ0n) is 15.4. The van der Waals surface area contributed by atoms with Crippen LogP contribution in [0.2, 0.25) is 0 Å². The van der Waals surface area contributed by atoms with Crippen LogP contribution in [-0.4, -0.2) is 17.6 Å². The van der Waals surface area contributed by atoms with E-state index in [2.05, 4.69) is 19.1 Å². The molecule has 0 aromatic carbocycles. The predicted octanol–water partition coefficient (Wildman–Crippen LogP) is 4.97. The van der Waals surface area contributed by atoms with Crippen molar-refractivity contribution in [3.8, 4) is 0 Å². The first-order valence-corrected chi connectivity index (χ1v) is 9.72. The third-order valence-corrected chi connectivity index (χ3v) is 4.72. The second-order valence-corrected chi connectivity index (χ2v) is 6.67. The summed E-state index contributed by atoms with van der Waals surface area (Å²) in [4.78, 5) is 11.5. The zero-order valence-corrected chi connectivity index (χ0v) is 15.4. The fourth-order valence-corrected chi connectivity index (χ4v) is 3.06. The van der Waals surface area contributed by atoms with Crippen molar-refractivity contribution in [3.63, 3.8) is 0 Å². The van der Waals surface area contributed by atoms with Gasteiger partial charge in [-0.1, -0.05) is 70.9 Å². The van der Waals surface area contributed by atoms with E-state index in [1.54, 1.807) is 0 Å². The van der Waals surface area contributed by atoms with Gasteiger partial charge < -0.3 is 10.8 Å². The van der Waals surface area contributed by atoms with Crippen LogP contribution in [0.3, 0.4) is 0 Å². The van der Waals surface area contributed by atoms with E-state index in [0.717, 1.165) is 25.7 Å². The highest BCUT2D eigenvalue weighted by Gasteiger charge is 2.23. The molecule has 0 aliphatic carbocycles. The van der Waals surface area contributed by atoms with Crippen molar-refractivity contribution < 1.29 is 9.90 Å². The summed E-state index contributed by atoms with van der Waals surface area (Å²) in [7, 11) is 0. The first-order valence-electron chi connectivity index (χ1n) is 9.72. The Balaban J connectivity index is 3.60. The van der Waals surface area contributed by atoms with Gasteiger partial charge in [-0.3, -0.25) is 4.79 Å². The average Bonchev–Trinajstić information content (AvgIpc) is 2.54. The SMILES string of the molecule is CCCCCCC=CCCCCCCC(C(N)=O)C(CC)CO. The van der Waals surface area contributed by atoms with Gasteiger partial charge in [-0.2, -0.15) is 0 Å². The van der Waals surface area contributed by atoms with Crippen molar-refractivity contribution in [2.75, 3.05) is 6.61 Å². The van der Waals surface area contributed by atoms with Gasteiger partial charge in [0.25, 0.3) is 0 Å². The Morgan fingerprint density at radius 2 is 1.52 bits per heavy atom. The Bertz CT molecular complexity index is 298. The molecule has 3 heteroatoms. The lowest BCUT2D eigenvalue weighted by Crippen LogP contribution is -2.31. The minimum Gasteiger partial charge on any atom is -0.396 e. The molecule has 0 aromatic heterocycles. The molecule has 3 N–H and O–H groups in total. The number of primary amides is 1. The molecule has 23 heavy (non-hydrogen) atoms. The fraction of sp³-hybridized carbons (Fsp3) is 0.850. The van der Waals surface area contributed by atoms with Crippen LogP contribution in [0.5, 0.6) is 0 Å². The lowest BCUT2D eigenvalue weighted by Gasteiger charge is -2.21. The predicted molar refractivity (Wildman–Crippen MR) is 99.2 cm³/mol. The summed E-state index contributed by atoms with van der Waals surface area (Å²) in [5.74, 6) is -0.381. The van der Waals surface area contributed by atoms with E-state index in [1.807, 2.05) is 6.92 Å². The highest BCUT2D eigenvalue weighted by atomic mass is 16.3. The van der Waals surface area contributed by atoms with Gasteiger partial charge in [0.1, 0.15) is 0 Å². The van der Waals surface area contributed by atoms with Gasteiger partial charge in [0, 0.05) is 12.5 Å². The Morgan fingerprint density at radius 3 is 2.00 bits per heavy atom. The highest BCUT2D eigenvalue weighted by Crippen LogP contribution is 2.22. The first kappa shape index (κ1) is 22.2. The fourth-order valence-electron chi connectivity index (χ4n) is 3.06. The van der Waals surface area contributed by atoms with Crippen LogP contribution in [0.1, 0.15) is 90.9 Å². The summed E-state index contributed by atoms with van der Waals surface area (Å²) in [5.41, 5.74) is 5.47. The Hall–Kier alpha value is -0.830. The minimum absolute atomic E-state index is 0.0307. The number of amides is 1. The number of allylic oxidation sites excluding steroid dienone is 2. The monoisotopic (exact) mass is 325 g/mol. The smallest absolute Gasteiger partial charge is 0.220 e. The molecule has 2 atom stereocenters. The van der Waals surface area contributed by atoms with Crippen LogP contribution in [0, 0.1) is 11.8 Å². The van der Waals surface area contributed by atoms with Crippen LogP contribution in [0.15, 0.2) is 12.2 Å². The molecule has 0 rings (SSSR count). The van der Waals surface area contributed by atoms with Gasteiger partial charge in [0.05, 0.1) is 0 Å². The second kappa shape index (κ2) is 16.0. The maximum absolute atomic E-state index is 11.5. The molecule has 0 heterocycles. The van der Waals surface area contributed by atoms with E-state index < -0.39 is 0 Å². The van der Waals surface area contributed by atoms with Crippen LogP contribution in [-0.2, 0) is 4.79 Å². The molecule has 1 amide bonds. The summed E-state index contributed by atoms with van der Waals surface area (Å²) in [5, 5.41) is 9.32. The second-order valence-electron chi connectivity index (χ2n) is 6.67. The van der Waals surface area contributed by atoms with Gasteiger partial charge >= 0.3 is 0 Å². The standard InChI is InChI=1S/C20H39NO2/c1-3-5-6-7-8-9-10-11-12-13-14-15-16-19(20(21)23)18(4-2)17-22/h9-10,18-19,22H,3-8,11-17H2,1-2H3,(H2,21,23). The van der Waals surface area contributed by atoms with Crippen molar-refractivity contribution in [2.45, 2.75) is 90.9 Å². The van der Waals surface area contributed by atoms with E-state index >= 15 is 0 Å². The topological polar surface area (TPSA) is 63.3 Å². The van der Waals surface area contributed by atoms with Gasteiger partial charge in [0.2, 0.25) is 5.91 Å². The Morgan fingerprint density at radius 1 is 0.957 bits per heavy atom.